The molecule has 1 unspecified atom stereocenters. The number of rotatable bonds is 4. The molecule has 1 atom stereocenters. The maximum atomic E-state index is 11.5. The largest absolute Gasteiger partial charge is 0.481 e. The molecule has 0 aromatic rings. The number of carboxylic acids is 1. The van der Waals surface area contributed by atoms with Gasteiger partial charge in [-0.1, -0.05) is 6.92 Å². The van der Waals surface area contributed by atoms with Gasteiger partial charge in [0.05, 0.1) is 5.92 Å². The smallest absolute Gasteiger partial charge is 0.319 e. The van der Waals surface area contributed by atoms with Crippen molar-refractivity contribution in [2.75, 3.05) is 27.2 Å². The summed E-state index contributed by atoms with van der Waals surface area (Å²) in [6.07, 6.45) is 0. The minimum Gasteiger partial charge on any atom is -0.481 e. The Morgan fingerprint density at radius 1 is 1.36 bits per heavy atom. The fourth-order valence-corrected chi connectivity index (χ4v) is 1.03. The first-order chi connectivity index (χ1) is 6.40. The van der Waals surface area contributed by atoms with E-state index in [0.717, 1.165) is 0 Å². The highest BCUT2D eigenvalue weighted by molar-refractivity contribution is 5.75. The zero-order valence-corrected chi connectivity index (χ0v) is 9.15. The summed E-state index contributed by atoms with van der Waals surface area (Å²) in [5.41, 5.74) is 0. The van der Waals surface area contributed by atoms with E-state index in [4.69, 9.17) is 5.11 Å². The van der Waals surface area contributed by atoms with Crippen LogP contribution in [-0.4, -0.2) is 54.1 Å². The topological polar surface area (TPSA) is 60.9 Å². The van der Waals surface area contributed by atoms with Gasteiger partial charge in [-0.05, 0) is 6.92 Å². The Labute approximate surface area is 84.3 Å². The number of carbonyl (C=O) groups excluding carboxylic acids is 1. The Morgan fingerprint density at radius 2 is 1.86 bits per heavy atom. The van der Waals surface area contributed by atoms with Crippen LogP contribution in [0.4, 0.5) is 4.79 Å². The van der Waals surface area contributed by atoms with Gasteiger partial charge in [0.15, 0.2) is 0 Å². The second-order valence-electron chi connectivity index (χ2n) is 3.45. The SMILES string of the molecule is CCN(CC(C)C(=O)O)C(=O)N(C)C. The molecule has 0 aromatic heterocycles. The molecule has 0 aromatic carbocycles. The summed E-state index contributed by atoms with van der Waals surface area (Å²) in [6.45, 7) is 4.20. The molecule has 0 saturated heterocycles. The molecule has 0 radical (unpaired) electrons. The van der Waals surface area contributed by atoms with Crippen LogP contribution in [0, 0.1) is 5.92 Å². The molecule has 5 heteroatoms. The quantitative estimate of drug-likeness (QED) is 0.730. The number of carboxylic acid groups (broad SMARTS) is 1. The molecule has 0 aliphatic heterocycles. The lowest BCUT2D eigenvalue weighted by molar-refractivity contribution is -0.141. The van der Waals surface area contributed by atoms with E-state index < -0.39 is 11.9 Å². The molecule has 14 heavy (non-hydrogen) atoms. The normalized spacial score (nSPS) is 12.0. The minimum absolute atomic E-state index is 0.152. The minimum atomic E-state index is -0.880. The molecule has 0 aliphatic carbocycles. The van der Waals surface area contributed by atoms with E-state index in [2.05, 4.69) is 0 Å². The van der Waals surface area contributed by atoms with Crippen molar-refractivity contribution in [1.29, 1.82) is 0 Å². The Balaban J connectivity index is 4.29. The number of aliphatic carboxylic acids is 1. The van der Waals surface area contributed by atoms with Gasteiger partial charge < -0.3 is 14.9 Å². The van der Waals surface area contributed by atoms with Crippen LogP contribution >= 0.6 is 0 Å². The molecule has 0 saturated carbocycles. The number of carbonyl (C=O) groups is 2. The third-order valence-corrected chi connectivity index (χ3v) is 1.95. The van der Waals surface area contributed by atoms with Crippen molar-refractivity contribution < 1.29 is 14.7 Å². The summed E-state index contributed by atoms with van der Waals surface area (Å²) in [5, 5.41) is 8.70. The molecule has 1 N–H and O–H groups in total. The Bertz CT molecular complexity index is 216. The predicted octanol–water partition coefficient (Wildman–Crippen LogP) is 0.711. The number of urea groups is 1. The van der Waals surface area contributed by atoms with E-state index in [-0.39, 0.29) is 12.6 Å². The van der Waals surface area contributed by atoms with Crippen LogP contribution in [0.15, 0.2) is 0 Å². The molecule has 0 bridgehead atoms. The van der Waals surface area contributed by atoms with Gasteiger partial charge in [0.1, 0.15) is 0 Å². The van der Waals surface area contributed by atoms with E-state index in [0.29, 0.717) is 6.54 Å². The van der Waals surface area contributed by atoms with Gasteiger partial charge in [-0.25, -0.2) is 4.79 Å². The maximum Gasteiger partial charge on any atom is 0.319 e. The molecular formula is C9H18N2O3. The molecule has 82 valence electrons. The summed E-state index contributed by atoms with van der Waals surface area (Å²) in [6, 6.07) is -0.152. The Hall–Kier alpha value is -1.26. The second kappa shape index (κ2) is 5.47. The zero-order chi connectivity index (χ0) is 11.3. The van der Waals surface area contributed by atoms with E-state index in [9.17, 15) is 9.59 Å². The molecule has 0 spiro atoms. The maximum absolute atomic E-state index is 11.5. The highest BCUT2D eigenvalue weighted by Gasteiger charge is 2.19. The van der Waals surface area contributed by atoms with E-state index in [1.807, 2.05) is 6.92 Å². The van der Waals surface area contributed by atoms with Crippen molar-refractivity contribution in [3.8, 4) is 0 Å². The van der Waals surface area contributed by atoms with Crippen LogP contribution < -0.4 is 0 Å². The van der Waals surface area contributed by atoms with Gasteiger partial charge in [0, 0.05) is 27.2 Å². The molecule has 5 nitrogen and oxygen atoms in total. The van der Waals surface area contributed by atoms with E-state index >= 15 is 0 Å². The Morgan fingerprint density at radius 3 is 2.14 bits per heavy atom. The number of hydrogen-bond donors (Lipinski definition) is 1. The van der Waals surface area contributed by atoms with Gasteiger partial charge in [-0.3, -0.25) is 4.79 Å². The number of amides is 2. The van der Waals surface area contributed by atoms with Gasteiger partial charge in [0.25, 0.3) is 0 Å². The highest BCUT2D eigenvalue weighted by atomic mass is 16.4. The fraction of sp³-hybridized carbons (Fsp3) is 0.778. The lowest BCUT2D eigenvalue weighted by Gasteiger charge is -2.26. The van der Waals surface area contributed by atoms with Crippen LogP contribution in [0.2, 0.25) is 0 Å². The zero-order valence-electron chi connectivity index (χ0n) is 9.15. The van der Waals surface area contributed by atoms with E-state index in [1.165, 1.54) is 9.80 Å². The number of hydrogen-bond acceptors (Lipinski definition) is 2. The van der Waals surface area contributed by atoms with Crippen LogP contribution in [0.5, 0.6) is 0 Å². The van der Waals surface area contributed by atoms with Crippen LogP contribution in [0.25, 0.3) is 0 Å². The molecular weight excluding hydrogens is 184 g/mol. The summed E-state index contributed by atoms with van der Waals surface area (Å²) >= 11 is 0. The van der Waals surface area contributed by atoms with Gasteiger partial charge in [0.2, 0.25) is 0 Å². The first-order valence-corrected chi connectivity index (χ1v) is 4.59. The average molecular weight is 202 g/mol. The summed E-state index contributed by atoms with van der Waals surface area (Å²) in [4.78, 5) is 25.0. The molecule has 0 heterocycles. The number of nitrogens with zero attached hydrogens (tertiary/aromatic N) is 2. The third kappa shape index (κ3) is 3.64. The lowest BCUT2D eigenvalue weighted by atomic mass is 10.2. The van der Waals surface area contributed by atoms with Crippen molar-refractivity contribution in [3.05, 3.63) is 0 Å². The van der Waals surface area contributed by atoms with Crippen molar-refractivity contribution in [1.82, 2.24) is 9.80 Å². The van der Waals surface area contributed by atoms with E-state index in [1.54, 1.807) is 21.0 Å². The Kier molecular flexibility index (Phi) is 4.97. The molecule has 0 aliphatic rings. The first kappa shape index (κ1) is 12.7. The molecule has 2 amide bonds. The second-order valence-corrected chi connectivity index (χ2v) is 3.45. The van der Waals surface area contributed by atoms with Crippen LogP contribution in [0.3, 0.4) is 0 Å². The summed E-state index contributed by atoms with van der Waals surface area (Å²) in [5.74, 6) is -1.41. The first-order valence-electron chi connectivity index (χ1n) is 4.59. The van der Waals surface area contributed by atoms with Crippen LogP contribution in [0.1, 0.15) is 13.8 Å². The van der Waals surface area contributed by atoms with Gasteiger partial charge in [-0.2, -0.15) is 0 Å². The standard InChI is InChI=1S/C9H18N2O3/c1-5-11(9(14)10(3)4)6-7(2)8(12)13/h7H,5-6H2,1-4H3,(H,12,13). The van der Waals surface area contributed by atoms with Crippen molar-refractivity contribution in [2.45, 2.75) is 13.8 Å². The lowest BCUT2D eigenvalue weighted by Crippen LogP contribution is -2.42. The van der Waals surface area contributed by atoms with Gasteiger partial charge in [-0.15, -0.1) is 0 Å². The van der Waals surface area contributed by atoms with Crippen molar-refractivity contribution in [3.63, 3.8) is 0 Å². The average Bonchev–Trinajstić information content (AvgIpc) is 2.12. The van der Waals surface area contributed by atoms with Crippen molar-refractivity contribution in [2.24, 2.45) is 5.92 Å². The predicted molar refractivity (Wildman–Crippen MR) is 53.1 cm³/mol. The third-order valence-electron chi connectivity index (χ3n) is 1.95. The van der Waals surface area contributed by atoms with Gasteiger partial charge >= 0.3 is 12.0 Å². The molecule has 0 fully saturated rings. The monoisotopic (exact) mass is 202 g/mol. The summed E-state index contributed by atoms with van der Waals surface area (Å²) in [7, 11) is 3.30. The van der Waals surface area contributed by atoms with Crippen molar-refractivity contribution >= 4 is 12.0 Å². The molecule has 0 rings (SSSR count). The fourth-order valence-electron chi connectivity index (χ4n) is 1.03. The van der Waals surface area contributed by atoms with Crippen LogP contribution in [-0.2, 0) is 4.79 Å². The highest BCUT2D eigenvalue weighted by Crippen LogP contribution is 2.02. The summed E-state index contributed by atoms with van der Waals surface area (Å²) < 4.78 is 0.